The first kappa shape index (κ1) is 19.0. The van der Waals surface area contributed by atoms with Crippen molar-refractivity contribution in [3.8, 4) is 11.1 Å². The van der Waals surface area contributed by atoms with E-state index in [1.54, 1.807) is 0 Å². The number of anilines is 2. The number of rotatable bonds is 3. The van der Waals surface area contributed by atoms with Crippen molar-refractivity contribution in [3.63, 3.8) is 0 Å². The molecule has 0 radical (unpaired) electrons. The van der Waals surface area contributed by atoms with Crippen LogP contribution in [0.5, 0.6) is 0 Å². The van der Waals surface area contributed by atoms with Crippen LogP contribution in [0.15, 0.2) is 126 Å². The second-order valence-corrected chi connectivity index (χ2v) is 8.64. The van der Waals surface area contributed by atoms with Crippen molar-refractivity contribution in [1.29, 1.82) is 0 Å². The highest BCUT2D eigenvalue weighted by atomic mass is 16.3. The second kappa shape index (κ2) is 7.50. The summed E-state index contributed by atoms with van der Waals surface area (Å²) in [7, 11) is 0. The molecule has 160 valence electrons. The quantitative estimate of drug-likeness (QED) is 0.299. The van der Waals surface area contributed by atoms with Gasteiger partial charge in [-0.3, -0.25) is 0 Å². The molecule has 7 aromatic rings. The van der Waals surface area contributed by atoms with E-state index in [-0.39, 0.29) is 0 Å². The molecular formula is C32H21NO. The van der Waals surface area contributed by atoms with Crippen LogP contribution in [0, 0.1) is 0 Å². The fourth-order valence-corrected chi connectivity index (χ4v) is 5.10. The van der Waals surface area contributed by atoms with Crippen LogP contribution in [0.25, 0.3) is 54.6 Å². The highest BCUT2D eigenvalue weighted by Crippen LogP contribution is 2.42. The maximum absolute atomic E-state index is 6.42. The molecule has 0 bridgehead atoms. The van der Waals surface area contributed by atoms with Gasteiger partial charge in [0.2, 0.25) is 0 Å². The topological polar surface area (TPSA) is 25.2 Å². The van der Waals surface area contributed by atoms with Crippen molar-refractivity contribution < 1.29 is 4.42 Å². The van der Waals surface area contributed by atoms with Gasteiger partial charge < -0.3 is 9.73 Å². The fraction of sp³-hybridized carbons (Fsp3) is 0. The van der Waals surface area contributed by atoms with Crippen molar-refractivity contribution in [2.75, 3.05) is 5.32 Å². The largest absolute Gasteiger partial charge is 0.454 e. The molecule has 2 nitrogen and oxygen atoms in total. The van der Waals surface area contributed by atoms with Gasteiger partial charge in [0.25, 0.3) is 0 Å². The predicted octanol–water partition coefficient (Wildman–Crippen LogP) is 9.30. The maximum Gasteiger partial charge on any atom is 0.159 e. The predicted molar refractivity (Wildman–Crippen MR) is 144 cm³/mol. The van der Waals surface area contributed by atoms with Crippen LogP contribution in [0.1, 0.15) is 0 Å². The van der Waals surface area contributed by atoms with Gasteiger partial charge in [0.05, 0.1) is 5.69 Å². The Morgan fingerprint density at radius 1 is 0.471 bits per heavy atom. The first-order valence-electron chi connectivity index (χ1n) is 11.5. The first-order chi connectivity index (χ1) is 16.9. The average Bonchev–Trinajstić information content (AvgIpc) is 3.29. The Morgan fingerprint density at radius 2 is 1.12 bits per heavy atom. The number of hydrogen-bond acceptors (Lipinski definition) is 2. The lowest BCUT2D eigenvalue weighted by molar-refractivity contribution is 0.670. The van der Waals surface area contributed by atoms with Gasteiger partial charge in [-0.2, -0.15) is 0 Å². The number of benzene rings is 6. The summed E-state index contributed by atoms with van der Waals surface area (Å²) in [5.41, 5.74) is 6.18. The average molecular weight is 436 g/mol. The van der Waals surface area contributed by atoms with Crippen LogP contribution >= 0.6 is 0 Å². The van der Waals surface area contributed by atoms with Gasteiger partial charge in [-0.15, -0.1) is 0 Å². The maximum atomic E-state index is 6.42. The number of fused-ring (bicyclic) bond motifs is 6. The van der Waals surface area contributed by atoms with Crippen molar-refractivity contribution in [2.45, 2.75) is 0 Å². The Morgan fingerprint density at radius 3 is 2.03 bits per heavy atom. The smallest absolute Gasteiger partial charge is 0.159 e. The standard InChI is InChI=1S/C32H21NO/c1-3-13-23-21(10-1)12-9-17-25(23)26-15-5-7-18-28(26)33-29-20-22-11-2-4-14-24(22)31-27-16-6-8-19-30(27)34-32(29)31/h1-20,33H. The van der Waals surface area contributed by atoms with E-state index >= 15 is 0 Å². The molecule has 1 aromatic heterocycles. The molecule has 0 unspecified atom stereocenters. The summed E-state index contributed by atoms with van der Waals surface area (Å²) in [6, 6.07) is 42.5. The molecule has 0 fully saturated rings. The molecule has 0 aliphatic heterocycles. The summed E-state index contributed by atoms with van der Waals surface area (Å²) >= 11 is 0. The Balaban J connectivity index is 1.47. The third kappa shape index (κ3) is 2.89. The summed E-state index contributed by atoms with van der Waals surface area (Å²) in [4.78, 5) is 0. The van der Waals surface area contributed by atoms with Crippen LogP contribution < -0.4 is 5.32 Å². The molecule has 0 saturated heterocycles. The zero-order chi connectivity index (χ0) is 22.5. The Kier molecular flexibility index (Phi) is 4.18. The zero-order valence-electron chi connectivity index (χ0n) is 18.5. The van der Waals surface area contributed by atoms with Gasteiger partial charge in [-0.25, -0.2) is 0 Å². The molecule has 0 atom stereocenters. The molecule has 0 spiro atoms. The molecule has 6 aromatic carbocycles. The SMILES string of the molecule is c1ccc(-c2cccc3ccccc23)c(Nc2cc3ccccc3c3c2oc2ccccc23)c1. The zero-order valence-corrected chi connectivity index (χ0v) is 18.5. The third-order valence-electron chi connectivity index (χ3n) is 6.65. The molecule has 7 rings (SSSR count). The molecule has 34 heavy (non-hydrogen) atoms. The van der Waals surface area contributed by atoms with E-state index in [1.807, 2.05) is 12.1 Å². The first-order valence-corrected chi connectivity index (χ1v) is 11.5. The van der Waals surface area contributed by atoms with Crippen molar-refractivity contribution in [3.05, 3.63) is 121 Å². The molecule has 0 aliphatic rings. The second-order valence-electron chi connectivity index (χ2n) is 8.64. The summed E-state index contributed by atoms with van der Waals surface area (Å²) in [6.07, 6.45) is 0. The fourth-order valence-electron chi connectivity index (χ4n) is 5.10. The minimum absolute atomic E-state index is 0.882. The van der Waals surface area contributed by atoms with Crippen LogP contribution in [0.4, 0.5) is 11.4 Å². The Bertz CT molecular complexity index is 1840. The van der Waals surface area contributed by atoms with E-state index in [2.05, 4.69) is 115 Å². The van der Waals surface area contributed by atoms with Gasteiger partial charge in [0.15, 0.2) is 5.58 Å². The van der Waals surface area contributed by atoms with E-state index in [1.165, 1.54) is 27.1 Å². The van der Waals surface area contributed by atoms with Gasteiger partial charge in [-0.05, 0) is 45.3 Å². The van der Waals surface area contributed by atoms with Gasteiger partial charge in [-0.1, -0.05) is 103 Å². The summed E-state index contributed by atoms with van der Waals surface area (Å²) in [6.45, 7) is 0. The van der Waals surface area contributed by atoms with E-state index in [9.17, 15) is 0 Å². The van der Waals surface area contributed by atoms with Crippen LogP contribution in [0.2, 0.25) is 0 Å². The van der Waals surface area contributed by atoms with Crippen molar-refractivity contribution in [2.24, 2.45) is 0 Å². The molecule has 0 amide bonds. The van der Waals surface area contributed by atoms with Gasteiger partial charge in [0, 0.05) is 22.0 Å². The molecule has 1 heterocycles. The lowest BCUT2D eigenvalue weighted by Gasteiger charge is -2.15. The summed E-state index contributed by atoms with van der Waals surface area (Å²) < 4.78 is 6.42. The summed E-state index contributed by atoms with van der Waals surface area (Å²) in [5.74, 6) is 0. The van der Waals surface area contributed by atoms with Gasteiger partial charge in [0.1, 0.15) is 5.58 Å². The van der Waals surface area contributed by atoms with Crippen LogP contribution in [-0.4, -0.2) is 0 Å². The number of nitrogens with one attached hydrogen (secondary N) is 1. The van der Waals surface area contributed by atoms with Crippen molar-refractivity contribution >= 4 is 54.9 Å². The van der Waals surface area contributed by atoms with Crippen molar-refractivity contribution in [1.82, 2.24) is 0 Å². The van der Waals surface area contributed by atoms with E-state index in [4.69, 9.17) is 4.42 Å². The van der Waals surface area contributed by atoms with Crippen LogP contribution in [0.3, 0.4) is 0 Å². The van der Waals surface area contributed by atoms with Gasteiger partial charge >= 0.3 is 0 Å². The number of para-hydroxylation sites is 2. The molecule has 2 heteroatoms. The normalized spacial score (nSPS) is 11.5. The molecule has 0 saturated carbocycles. The van der Waals surface area contributed by atoms with E-state index in [0.29, 0.717) is 0 Å². The van der Waals surface area contributed by atoms with E-state index in [0.717, 1.165) is 38.9 Å². The highest BCUT2D eigenvalue weighted by Gasteiger charge is 2.16. The van der Waals surface area contributed by atoms with E-state index < -0.39 is 0 Å². The highest BCUT2D eigenvalue weighted by molar-refractivity contribution is 6.22. The Hall–Kier alpha value is -4.56. The van der Waals surface area contributed by atoms with Crippen LogP contribution in [-0.2, 0) is 0 Å². The summed E-state index contributed by atoms with van der Waals surface area (Å²) in [5, 5.41) is 10.9. The minimum atomic E-state index is 0.882. The Labute approximate surface area is 197 Å². The molecular weight excluding hydrogens is 414 g/mol. The lowest BCUT2D eigenvalue weighted by Crippen LogP contribution is -1.95. The number of hydrogen-bond donors (Lipinski definition) is 1. The number of furan rings is 1. The molecule has 0 aliphatic carbocycles. The molecule has 1 N–H and O–H groups in total. The third-order valence-corrected chi connectivity index (χ3v) is 6.65. The monoisotopic (exact) mass is 435 g/mol. The minimum Gasteiger partial charge on any atom is -0.454 e. The lowest BCUT2D eigenvalue weighted by atomic mass is 9.96.